The molecule has 12 nitrogen and oxygen atoms in total. The molecule has 77 heavy (non-hydrogen) atoms. The van der Waals surface area contributed by atoms with Gasteiger partial charge in [-0.25, -0.2) is 4.79 Å². The van der Waals surface area contributed by atoms with Crippen molar-refractivity contribution in [3.63, 3.8) is 0 Å². The Kier molecular flexibility index (Phi) is 48.8. The second kappa shape index (κ2) is 52.8. The van der Waals surface area contributed by atoms with E-state index in [9.17, 15) is 34.5 Å². The van der Waals surface area contributed by atoms with Crippen molar-refractivity contribution in [2.75, 3.05) is 13.2 Å². The van der Waals surface area contributed by atoms with E-state index in [1.165, 1.54) is 122 Å². The maximum absolute atomic E-state index is 13.1. The number of unbranched alkanes of at least 4 members (excludes halogenated alkanes) is 27. The molecule has 1 saturated heterocycles. The number of allylic oxidation sites excluding steroid dienone is 11. The van der Waals surface area contributed by atoms with E-state index >= 15 is 0 Å². The lowest BCUT2D eigenvalue weighted by atomic mass is 9.98. The van der Waals surface area contributed by atoms with Gasteiger partial charge in [0.2, 0.25) is 0 Å². The van der Waals surface area contributed by atoms with Gasteiger partial charge in [-0.3, -0.25) is 14.4 Å². The van der Waals surface area contributed by atoms with E-state index in [-0.39, 0.29) is 25.9 Å². The molecule has 442 valence electrons. The minimum absolute atomic E-state index is 0.0392. The molecule has 6 unspecified atom stereocenters. The second-order valence-corrected chi connectivity index (χ2v) is 21.0. The van der Waals surface area contributed by atoms with Crippen LogP contribution in [0.3, 0.4) is 0 Å². The highest BCUT2D eigenvalue weighted by Gasteiger charge is 2.50. The van der Waals surface area contributed by atoms with E-state index in [2.05, 4.69) is 75.5 Å². The Bertz CT molecular complexity index is 1620. The van der Waals surface area contributed by atoms with Crippen molar-refractivity contribution in [3.05, 3.63) is 72.9 Å². The van der Waals surface area contributed by atoms with E-state index < -0.39 is 67.3 Å². The highest BCUT2D eigenvalue weighted by atomic mass is 16.7. The first-order chi connectivity index (χ1) is 37.6. The van der Waals surface area contributed by atoms with Gasteiger partial charge in [0.1, 0.15) is 18.8 Å². The molecule has 3 N–H and O–H groups in total. The molecule has 0 radical (unpaired) electrons. The lowest BCUT2D eigenvalue weighted by Gasteiger charge is -2.40. The van der Waals surface area contributed by atoms with Gasteiger partial charge >= 0.3 is 23.9 Å². The average molecular weight is 1080 g/mol. The quantitative estimate of drug-likeness (QED) is 0.0228. The smallest absolute Gasteiger partial charge is 0.335 e. The van der Waals surface area contributed by atoms with Gasteiger partial charge in [-0.2, -0.15) is 0 Å². The van der Waals surface area contributed by atoms with Crippen molar-refractivity contribution in [3.8, 4) is 0 Å². The number of esters is 3. The minimum atomic E-state index is -1.92. The maximum atomic E-state index is 13.1. The van der Waals surface area contributed by atoms with Crippen LogP contribution in [0.15, 0.2) is 72.9 Å². The number of aliphatic hydroxyl groups is 2. The number of carboxylic acids is 1. The van der Waals surface area contributed by atoms with Crippen molar-refractivity contribution in [1.29, 1.82) is 0 Å². The van der Waals surface area contributed by atoms with Gasteiger partial charge in [-0.1, -0.05) is 248 Å². The summed E-state index contributed by atoms with van der Waals surface area (Å²) in [7, 11) is 0. The third-order valence-corrected chi connectivity index (χ3v) is 13.8. The summed E-state index contributed by atoms with van der Waals surface area (Å²) < 4.78 is 28.3. The van der Waals surface area contributed by atoms with E-state index in [1.807, 2.05) is 12.2 Å². The average Bonchev–Trinajstić information content (AvgIpc) is 3.41. The number of rotatable bonds is 52. The molecule has 1 aliphatic heterocycles. The fourth-order valence-corrected chi connectivity index (χ4v) is 9.09. The normalized spacial score (nSPS) is 18.5. The SMILES string of the molecule is CC/C=C\C/C=C\C/C=C\C/C=C\C/C=C\CC(=O)OC(COC(=O)CCCCCCCCCCCCCCCCCCCCC)COC1OC(C(=O)O)C(O)C(O)C1OC(=O)CCCCCCC/C=C\CCCCCC. The van der Waals surface area contributed by atoms with Gasteiger partial charge < -0.3 is 39.0 Å². The van der Waals surface area contributed by atoms with Crippen LogP contribution >= 0.6 is 0 Å². The van der Waals surface area contributed by atoms with E-state index in [4.69, 9.17) is 23.7 Å². The molecule has 1 aliphatic rings. The van der Waals surface area contributed by atoms with Crippen molar-refractivity contribution in [1.82, 2.24) is 0 Å². The maximum Gasteiger partial charge on any atom is 0.335 e. The predicted molar refractivity (Wildman–Crippen MR) is 312 cm³/mol. The monoisotopic (exact) mass is 1080 g/mol. The molecule has 0 aromatic rings. The van der Waals surface area contributed by atoms with Crippen LogP contribution in [0.2, 0.25) is 0 Å². The number of carboxylic acid groups (broad SMARTS) is 1. The summed E-state index contributed by atoms with van der Waals surface area (Å²) in [5, 5.41) is 31.5. The molecule has 0 aromatic heterocycles. The zero-order chi connectivity index (χ0) is 56.1. The van der Waals surface area contributed by atoms with Crippen LogP contribution in [0.4, 0.5) is 0 Å². The molecular weight excluding hydrogens is 973 g/mol. The third-order valence-electron chi connectivity index (χ3n) is 13.8. The molecule has 0 saturated carbocycles. The van der Waals surface area contributed by atoms with Crippen LogP contribution in [0.5, 0.6) is 0 Å². The molecule has 0 bridgehead atoms. The fraction of sp³-hybridized carbons (Fsp3) is 0.754. The Morgan fingerprint density at radius 3 is 1.31 bits per heavy atom. The summed E-state index contributed by atoms with van der Waals surface area (Å²) in [5.41, 5.74) is 0. The Morgan fingerprint density at radius 1 is 0.455 bits per heavy atom. The molecule has 1 heterocycles. The van der Waals surface area contributed by atoms with Crippen LogP contribution in [-0.4, -0.2) is 89.2 Å². The van der Waals surface area contributed by atoms with E-state index in [1.54, 1.807) is 6.08 Å². The lowest BCUT2D eigenvalue weighted by Crippen LogP contribution is -2.61. The van der Waals surface area contributed by atoms with Gasteiger partial charge in [0.05, 0.1) is 13.0 Å². The summed E-state index contributed by atoms with van der Waals surface area (Å²) in [5.74, 6) is -3.29. The molecule has 0 amide bonds. The molecule has 0 aromatic carbocycles. The van der Waals surface area contributed by atoms with Crippen molar-refractivity contribution in [2.24, 2.45) is 0 Å². The number of ether oxygens (including phenoxy) is 5. The van der Waals surface area contributed by atoms with Gasteiger partial charge in [0.15, 0.2) is 24.6 Å². The summed E-state index contributed by atoms with van der Waals surface area (Å²) in [4.78, 5) is 51.1. The molecule has 0 spiro atoms. The summed E-state index contributed by atoms with van der Waals surface area (Å²) in [6.07, 6.45) is 54.8. The fourth-order valence-electron chi connectivity index (χ4n) is 9.09. The molecule has 6 atom stereocenters. The van der Waals surface area contributed by atoms with Crippen LogP contribution in [-0.2, 0) is 42.9 Å². The molecular formula is C65H110O12. The van der Waals surface area contributed by atoms with Crippen LogP contribution in [0.1, 0.15) is 265 Å². The molecule has 0 aliphatic carbocycles. The molecule has 1 rings (SSSR count). The van der Waals surface area contributed by atoms with Crippen LogP contribution in [0.25, 0.3) is 0 Å². The Morgan fingerprint density at radius 2 is 0.857 bits per heavy atom. The first-order valence-corrected chi connectivity index (χ1v) is 30.9. The first-order valence-electron chi connectivity index (χ1n) is 30.9. The highest BCUT2D eigenvalue weighted by molar-refractivity contribution is 5.74. The number of carbonyl (C=O) groups excluding carboxylic acids is 3. The Hall–Kier alpha value is -3.84. The number of hydrogen-bond acceptors (Lipinski definition) is 11. The Labute approximate surface area is 468 Å². The second-order valence-electron chi connectivity index (χ2n) is 21.0. The van der Waals surface area contributed by atoms with E-state index in [0.717, 1.165) is 83.5 Å². The summed E-state index contributed by atoms with van der Waals surface area (Å²) in [6, 6.07) is 0. The zero-order valence-electron chi connectivity index (χ0n) is 48.7. The number of carbonyl (C=O) groups is 4. The third kappa shape index (κ3) is 42.7. The predicted octanol–water partition coefficient (Wildman–Crippen LogP) is 16.1. The standard InChI is InChI=1S/C65H110O12/c1-4-7-10-13-16-19-22-25-27-28-29-30-32-34-36-39-42-45-48-51-57(66)73-54-56(75-58(67)52-49-46-43-40-38-35-31-26-23-20-17-14-11-8-5-2)55-74-65-63(61(70)60(69)62(77-65)64(71)72)76-59(68)53-50-47-44-41-37-33-24-21-18-15-12-9-6-3/h8,11,17,20-21,24,26,31,38,40,46,49,56,60-63,65,69-70H,4-7,9-10,12-16,18-19,22-23,25,27-30,32-37,39,41-45,47-48,50-55H2,1-3H3,(H,71,72)/b11-8-,20-17-,24-21-,31-26-,40-38-,49-46-. The van der Waals surface area contributed by atoms with Gasteiger partial charge in [0, 0.05) is 12.8 Å². The zero-order valence-corrected chi connectivity index (χ0v) is 48.7. The topological polar surface area (TPSA) is 175 Å². The minimum Gasteiger partial charge on any atom is -0.479 e. The van der Waals surface area contributed by atoms with Crippen molar-refractivity contribution >= 4 is 23.9 Å². The lowest BCUT2D eigenvalue weighted by molar-refractivity contribution is -0.301. The van der Waals surface area contributed by atoms with Crippen LogP contribution < -0.4 is 0 Å². The van der Waals surface area contributed by atoms with Crippen molar-refractivity contribution in [2.45, 2.75) is 302 Å². The Balaban J connectivity index is 2.70. The molecule has 1 fully saturated rings. The number of aliphatic carboxylic acids is 1. The summed E-state index contributed by atoms with van der Waals surface area (Å²) >= 11 is 0. The number of aliphatic hydroxyl groups excluding tert-OH is 2. The van der Waals surface area contributed by atoms with Crippen molar-refractivity contribution < 1.29 is 58.2 Å². The van der Waals surface area contributed by atoms with Crippen LogP contribution in [0, 0.1) is 0 Å². The first kappa shape index (κ1) is 71.2. The largest absolute Gasteiger partial charge is 0.479 e. The molecule has 12 heteroatoms. The van der Waals surface area contributed by atoms with Gasteiger partial charge in [-0.05, 0) is 70.6 Å². The van der Waals surface area contributed by atoms with Gasteiger partial charge in [0.25, 0.3) is 0 Å². The number of hydrogen-bond donors (Lipinski definition) is 3. The summed E-state index contributed by atoms with van der Waals surface area (Å²) in [6.45, 7) is 5.79. The highest BCUT2D eigenvalue weighted by Crippen LogP contribution is 2.26. The van der Waals surface area contributed by atoms with E-state index in [0.29, 0.717) is 19.3 Å². The van der Waals surface area contributed by atoms with Gasteiger partial charge in [-0.15, -0.1) is 0 Å².